The van der Waals surface area contributed by atoms with Crippen LogP contribution in [-0.4, -0.2) is 77.3 Å². The van der Waals surface area contributed by atoms with Crippen molar-refractivity contribution in [2.75, 3.05) is 37.7 Å². The predicted molar refractivity (Wildman–Crippen MR) is 81.2 cm³/mol. The molecule has 24 heavy (non-hydrogen) atoms. The van der Waals surface area contributed by atoms with Gasteiger partial charge in [-0.1, -0.05) is 11.3 Å². The molecule has 0 spiro atoms. The largest absolute Gasteiger partial charge is 0.490 e. The van der Waals surface area contributed by atoms with E-state index in [4.69, 9.17) is 14.6 Å². The van der Waals surface area contributed by atoms with Gasteiger partial charge in [-0.3, -0.25) is 4.90 Å². The minimum absolute atomic E-state index is 0.430. The van der Waals surface area contributed by atoms with Crippen molar-refractivity contribution in [1.29, 1.82) is 0 Å². The summed E-state index contributed by atoms with van der Waals surface area (Å²) in [7, 11) is 0. The smallest absolute Gasteiger partial charge is 0.475 e. The maximum atomic E-state index is 10.6. The molecule has 1 aromatic heterocycles. The molecule has 0 saturated carbocycles. The fourth-order valence-corrected chi connectivity index (χ4v) is 3.43. The second kappa shape index (κ2) is 8.08. The normalized spacial score (nSPS) is 24.2. The van der Waals surface area contributed by atoms with Crippen LogP contribution in [0, 0.1) is 0 Å². The minimum Gasteiger partial charge on any atom is -0.475 e. The van der Waals surface area contributed by atoms with E-state index in [0.717, 1.165) is 44.3 Å². The predicted octanol–water partition coefficient (Wildman–Crippen LogP) is 1.47. The van der Waals surface area contributed by atoms with Crippen molar-refractivity contribution in [3.05, 3.63) is 5.51 Å². The number of nitrogens with zero attached hydrogens (tertiary/aromatic N) is 4. The summed E-state index contributed by atoms with van der Waals surface area (Å²) in [5.74, 6) is -2.76. The fourth-order valence-electron chi connectivity index (χ4n) is 2.83. The molecule has 0 amide bonds. The molecule has 0 radical (unpaired) electrons. The van der Waals surface area contributed by atoms with E-state index in [2.05, 4.69) is 26.9 Å². The van der Waals surface area contributed by atoms with E-state index in [1.54, 1.807) is 16.8 Å². The van der Waals surface area contributed by atoms with Crippen LogP contribution in [0.4, 0.5) is 18.3 Å². The number of alkyl halides is 3. The van der Waals surface area contributed by atoms with E-state index in [-0.39, 0.29) is 0 Å². The fraction of sp³-hybridized carbons (Fsp3) is 0.769. The molecule has 2 aliphatic rings. The first kappa shape index (κ1) is 18.9. The monoisotopic (exact) mass is 368 g/mol. The Kier molecular flexibility index (Phi) is 6.35. The summed E-state index contributed by atoms with van der Waals surface area (Å²) in [5, 5.41) is 16.3. The highest BCUT2D eigenvalue weighted by Gasteiger charge is 2.38. The molecular formula is C13H19F3N4O3S. The Morgan fingerprint density at radius 2 is 2.17 bits per heavy atom. The lowest BCUT2D eigenvalue weighted by molar-refractivity contribution is -0.192. The number of anilines is 1. The third-order valence-electron chi connectivity index (χ3n) is 3.84. The Morgan fingerprint density at radius 1 is 1.46 bits per heavy atom. The van der Waals surface area contributed by atoms with Gasteiger partial charge in [0, 0.05) is 38.8 Å². The number of aliphatic carboxylic acids is 1. The average molecular weight is 368 g/mol. The van der Waals surface area contributed by atoms with Gasteiger partial charge < -0.3 is 14.7 Å². The van der Waals surface area contributed by atoms with Gasteiger partial charge in [0.15, 0.2) is 0 Å². The van der Waals surface area contributed by atoms with Crippen molar-refractivity contribution in [1.82, 2.24) is 15.1 Å². The van der Waals surface area contributed by atoms with Crippen LogP contribution in [0.1, 0.15) is 13.3 Å². The second-order valence-corrected chi connectivity index (χ2v) is 6.24. The molecule has 3 rings (SSSR count). The number of rotatable bonds is 3. The molecule has 2 atom stereocenters. The molecule has 7 nitrogen and oxygen atoms in total. The van der Waals surface area contributed by atoms with E-state index >= 15 is 0 Å². The zero-order valence-corrected chi connectivity index (χ0v) is 13.9. The van der Waals surface area contributed by atoms with Crippen molar-refractivity contribution in [2.45, 2.75) is 31.7 Å². The van der Waals surface area contributed by atoms with E-state index in [9.17, 15) is 13.2 Å². The van der Waals surface area contributed by atoms with Crippen LogP contribution >= 0.6 is 11.3 Å². The summed E-state index contributed by atoms with van der Waals surface area (Å²) in [6.45, 7) is 7.25. The zero-order valence-electron chi connectivity index (χ0n) is 13.1. The molecule has 2 aliphatic heterocycles. The van der Waals surface area contributed by atoms with Gasteiger partial charge in [-0.05, 0) is 13.3 Å². The third-order valence-corrected chi connectivity index (χ3v) is 4.59. The number of ether oxygens (including phenoxy) is 1. The molecule has 1 aromatic rings. The first-order chi connectivity index (χ1) is 11.3. The number of piperazine rings is 1. The number of aromatic nitrogens is 2. The lowest BCUT2D eigenvalue weighted by Gasteiger charge is -2.36. The first-order valence-corrected chi connectivity index (χ1v) is 8.36. The number of carboxylic acids is 1. The summed E-state index contributed by atoms with van der Waals surface area (Å²) >= 11 is 1.63. The molecule has 2 saturated heterocycles. The number of halogens is 3. The topological polar surface area (TPSA) is 78.8 Å². The Labute approximate surface area is 141 Å². The molecule has 11 heteroatoms. The van der Waals surface area contributed by atoms with Crippen molar-refractivity contribution >= 4 is 22.4 Å². The summed E-state index contributed by atoms with van der Waals surface area (Å²) < 4.78 is 37.5. The molecule has 136 valence electrons. The quantitative estimate of drug-likeness (QED) is 0.866. The Hall–Kier alpha value is -1.46. The Bertz CT molecular complexity index is 529. The number of fused-ring (bicyclic) bond motifs is 1. The third kappa shape index (κ3) is 5.02. The van der Waals surface area contributed by atoms with Gasteiger partial charge in [0.05, 0.1) is 6.10 Å². The van der Waals surface area contributed by atoms with Crippen molar-refractivity contribution in [3.8, 4) is 0 Å². The zero-order chi connectivity index (χ0) is 17.7. The highest BCUT2D eigenvalue weighted by Crippen LogP contribution is 2.27. The average Bonchev–Trinajstić information content (AvgIpc) is 3.15. The van der Waals surface area contributed by atoms with Crippen molar-refractivity contribution < 1.29 is 27.8 Å². The summed E-state index contributed by atoms with van der Waals surface area (Å²) in [6.07, 6.45) is -3.50. The standard InChI is InChI=1S/C11H18N4OS.C2HF3O2/c1-2-16-10-5-9-6-15(4-3-14(9)7-10)11-13-12-8-17-11;3-2(4,5)1(6)7/h8-10H,2-7H2,1H3;(H,6,7)/t9-,10+;/m0./s1. The van der Waals surface area contributed by atoms with Gasteiger partial charge in [0.2, 0.25) is 5.13 Å². The van der Waals surface area contributed by atoms with Gasteiger partial charge in [-0.15, -0.1) is 10.2 Å². The highest BCUT2D eigenvalue weighted by molar-refractivity contribution is 7.13. The van der Waals surface area contributed by atoms with Crippen LogP contribution in [0.15, 0.2) is 5.51 Å². The van der Waals surface area contributed by atoms with Gasteiger partial charge in [-0.25, -0.2) is 4.79 Å². The number of hydrogen-bond donors (Lipinski definition) is 1. The van der Waals surface area contributed by atoms with Crippen LogP contribution in [0.2, 0.25) is 0 Å². The molecule has 0 aliphatic carbocycles. The highest BCUT2D eigenvalue weighted by atomic mass is 32.1. The Balaban J connectivity index is 0.000000256. The SMILES string of the molecule is CCO[C@@H]1C[C@H]2CN(c3nncs3)CCN2C1.O=C(O)C(F)(F)F. The van der Waals surface area contributed by atoms with E-state index in [1.807, 2.05) is 0 Å². The molecule has 1 N–H and O–H groups in total. The van der Waals surface area contributed by atoms with Gasteiger partial charge in [-0.2, -0.15) is 13.2 Å². The van der Waals surface area contributed by atoms with Crippen molar-refractivity contribution in [3.63, 3.8) is 0 Å². The molecule has 0 unspecified atom stereocenters. The van der Waals surface area contributed by atoms with Crippen LogP contribution in [0.25, 0.3) is 0 Å². The first-order valence-electron chi connectivity index (χ1n) is 7.48. The number of hydrogen-bond acceptors (Lipinski definition) is 7. The maximum Gasteiger partial charge on any atom is 0.490 e. The van der Waals surface area contributed by atoms with E-state index in [1.165, 1.54) is 0 Å². The lowest BCUT2D eigenvalue weighted by atomic mass is 10.1. The second-order valence-electron chi connectivity index (χ2n) is 5.43. The molecule has 3 heterocycles. The van der Waals surface area contributed by atoms with Gasteiger partial charge >= 0.3 is 12.1 Å². The van der Waals surface area contributed by atoms with Crippen LogP contribution in [-0.2, 0) is 9.53 Å². The molecular weight excluding hydrogens is 349 g/mol. The van der Waals surface area contributed by atoms with Crippen molar-refractivity contribution in [2.24, 2.45) is 0 Å². The summed E-state index contributed by atoms with van der Waals surface area (Å²) in [4.78, 5) is 13.8. The lowest BCUT2D eigenvalue weighted by Crippen LogP contribution is -2.50. The van der Waals surface area contributed by atoms with Gasteiger partial charge in [0.25, 0.3) is 0 Å². The summed E-state index contributed by atoms with van der Waals surface area (Å²) in [6, 6.07) is 0.629. The molecule has 2 fully saturated rings. The van der Waals surface area contributed by atoms with Gasteiger partial charge in [0.1, 0.15) is 5.51 Å². The van der Waals surface area contributed by atoms with Crippen LogP contribution in [0.3, 0.4) is 0 Å². The van der Waals surface area contributed by atoms with Crippen LogP contribution < -0.4 is 4.90 Å². The molecule has 0 aromatic carbocycles. The summed E-state index contributed by atoms with van der Waals surface area (Å²) in [5.41, 5.74) is 1.80. The minimum atomic E-state index is -5.08. The Morgan fingerprint density at radius 3 is 2.71 bits per heavy atom. The van der Waals surface area contributed by atoms with E-state index < -0.39 is 12.1 Å². The molecule has 0 bridgehead atoms. The number of carbonyl (C=O) groups is 1. The maximum absolute atomic E-state index is 10.6. The van der Waals surface area contributed by atoms with E-state index in [0.29, 0.717) is 12.1 Å². The number of carboxylic acid groups (broad SMARTS) is 1. The van der Waals surface area contributed by atoms with Crippen LogP contribution in [0.5, 0.6) is 0 Å².